The summed E-state index contributed by atoms with van der Waals surface area (Å²) in [4.78, 5) is 6.31. The first-order chi connectivity index (χ1) is 9.95. The Morgan fingerprint density at radius 3 is 2.81 bits per heavy atom. The van der Waals surface area contributed by atoms with E-state index in [-0.39, 0.29) is 17.8 Å². The summed E-state index contributed by atoms with van der Waals surface area (Å²) in [6, 6.07) is 5.00. The fourth-order valence-corrected chi connectivity index (χ4v) is 3.49. The van der Waals surface area contributed by atoms with Gasteiger partial charge in [-0.1, -0.05) is 6.92 Å². The predicted octanol–water partition coefficient (Wildman–Crippen LogP) is 3.81. The number of hydrogen-bond donors (Lipinski definition) is 1. The molecular weight excluding hydrogens is 353 g/mol. The van der Waals surface area contributed by atoms with Crippen LogP contribution in [0.3, 0.4) is 0 Å². The number of aromatic nitrogens is 1. The van der Waals surface area contributed by atoms with Gasteiger partial charge >= 0.3 is 0 Å². The zero-order valence-electron chi connectivity index (χ0n) is 12.1. The van der Waals surface area contributed by atoms with Crippen molar-refractivity contribution in [1.82, 2.24) is 9.88 Å². The number of hydrogen-bond acceptors (Lipinski definition) is 4. The van der Waals surface area contributed by atoms with E-state index in [9.17, 15) is 4.39 Å². The highest BCUT2D eigenvalue weighted by atomic mass is 79.9. The third kappa shape index (κ3) is 4.85. The second-order valence-corrected chi connectivity index (χ2v) is 7.65. The van der Waals surface area contributed by atoms with E-state index in [1.54, 1.807) is 17.4 Å². The highest BCUT2D eigenvalue weighted by Gasteiger charge is 2.18. The van der Waals surface area contributed by atoms with Gasteiger partial charge in [0.25, 0.3) is 0 Å². The van der Waals surface area contributed by atoms with Crippen molar-refractivity contribution in [2.75, 3.05) is 13.6 Å². The molecule has 2 aromatic heterocycles. The standard InChI is InChI=1S/C15H19BrFN3S/c1-10(15(18)13-4-3-12(17)6-19-13)7-20(2)8-11-5-14(16)21-9-11/h3-6,9-10,15H,7-8,18H2,1-2H3. The number of nitrogens with zero attached hydrogens (tertiary/aromatic N) is 2. The first kappa shape index (κ1) is 16.5. The molecule has 2 rings (SSSR count). The summed E-state index contributed by atoms with van der Waals surface area (Å²) in [6.45, 7) is 3.83. The van der Waals surface area contributed by atoms with Crippen LogP contribution in [0.4, 0.5) is 4.39 Å². The van der Waals surface area contributed by atoms with Gasteiger partial charge < -0.3 is 10.6 Å². The summed E-state index contributed by atoms with van der Waals surface area (Å²) in [5.41, 5.74) is 8.24. The van der Waals surface area contributed by atoms with Crippen LogP contribution in [-0.2, 0) is 6.54 Å². The zero-order chi connectivity index (χ0) is 15.4. The van der Waals surface area contributed by atoms with Crippen molar-refractivity contribution in [3.8, 4) is 0 Å². The molecule has 2 heterocycles. The van der Waals surface area contributed by atoms with Gasteiger partial charge in [-0.3, -0.25) is 4.98 Å². The Morgan fingerprint density at radius 1 is 1.48 bits per heavy atom. The first-order valence-corrected chi connectivity index (χ1v) is 8.41. The molecule has 0 spiro atoms. The van der Waals surface area contributed by atoms with E-state index in [2.05, 4.69) is 51.2 Å². The average Bonchev–Trinajstić information content (AvgIpc) is 2.83. The van der Waals surface area contributed by atoms with Gasteiger partial charge in [-0.15, -0.1) is 11.3 Å². The second kappa shape index (κ2) is 7.45. The van der Waals surface area contributed by atoms with Crippen LogP contribution in [0.5, 0.6) is 0 Å². The Bertz CT molecular complexity index is 573. The molecule has 0 saturated heterocycles. The summed E-state index contributed by atoms with van der Waals surface area (Å²) < 4.78 is 14.0. The highest BCUT2D eigenvalue weighted by molar-refractivity contribution is 9.11. The van der Waals surface area contributed by atoms with Gasteiger partial charge in [-0.2, -0.15) is 0 Å². The van der Waals surface area contributed by atoms with Crippen molar-refractivity contribution in [2.24, 2.45) is 11.7 Å². The molecule has 0 bridgehead atoms. The van der Waals surface area contributed by atoms with Gasteiger partial charge in [0, 0.05) is 13.1 Å². The average molecular weight is 372 g/mol. The van der Waals surface area contributed by atoms with Crippen molar-refractivity contribution in [1.29, 1.82) is 0 Å². The smallest absolute Gasteiger partial charge is 0.141 e. The molecule has 21 heavy (non-hydrogen) atoms. The van der Waals surface area contributed by atoms with Gasteiger partial charge in [0.2, 0.25) is 0 Å². The van der Waals surface area contributed by atoms with E-state index in [1.807, 2.05) is 0 Å². The Morgan fingerprint density at radius 2 is 2.24 bits per heavy atom. The molecule has 0 fully saturated rings. The van der Waals surface area contributed by atoms with Crippen LogP contribution in [-0.4, -0.2) is 23.5 Å². The minimum Gasteiger partial charge on any atom is -0.322 e. The SMILES string of the molecule is CC(CN(C)Cc1csc(Br)c1)C(N)c1ccc(F)cn1. The summed E-state index contributed by atoms with van der Waals surface area (Å²) in [5.74, 6) is -0.103. The second-order valence-electron chi connectivity index (χ2n) is 5.36. The molecule has 0 aliphatic heterocycles. The molecule has 6 heteroatoms. The van der Waals surface area contributed by atoms with E-state index >= 15 is 0 Å². The summed E-state index contributed by atoms with van der Waals surface area (Å²) in [5, 5.41) is 2.15. The molecule has 0 amide bonds. The number of pyridine rings is 1. The van der Waals surface area contributed by atoms with Crippen LogP contribution in [0.15, 0.2) is 33.6 Å². The minimum atomic E-state index is -0.334. The van der Waals surface area contributed by atoms with Crippen LogP contribution >= 0.6 is 27.3 Å². The topological polar surface area (TPSA) is 42.1 Å². The van der Waals surface area contributed by atoms with E-state index in [4.69, 9.17) is 5.73 Å². The van der Waals surface area contributed by atoms with Gasteiger partial charge in [-0.05, 0) is 58.0 Å². The summed E-state index contributed by atoms with van der Waals surface area (Å²) in [7, 11) is 2.08. The predicted molar refractivity (Wildman–Crippen MR) is 88.6 cm³/mol. The van der Waals surface area contributed by atoms with Crippen LogP contribution in [0.25, 0.3) is 0 Å². The largest absolute Gasteiger partial charge is 0.322 e. The first-order valence-electron chi connectivity index (χ1n) is 6.74. The molecule has 0 radical (unpaired) electrons. The van der Waals surface area contributed by atoms with Crippen molar-refractivity contribution in [3.63, 3.8) is 0 Å². The quantitative estimate of drug-likeness (QED) is 0.839. The fraction of sp³-hybridized carbons (Fsp3) is 0.400. The lowest BCUT2D eigenvalue weighted by atomic mass is 9.98. The third-order valence-corrected chi connectivity index (χ3v) is 4.93. The molecule has 0 aliphatic rings. The number of thiophene rings is 1. The molecule has 2 N–H and O–H groups in total. The lowest BCUT2D eigenvalue weighted by Crippen LogP contribution is -2.31. The lowest BCUT2D eigenvalue weighted by molar-refractivity contribution is 0.256. The fourth-order valence-electron chi connectivity index (χ4n) is 2.29. The Balaban J connectivity index is 1.90. The van der Waals surface area contributed by atoms with Crippen molar-refractivity contribution in [2.45, 2.75) is 19.5 Å². The van der Waals surface area contributed by atoms with Crippen LogP contribution in [0, 0.1) is 11.7 Å². The Labute approximate surface area is 137 Å². The van der Waals surface area contributed by atoms with Gasteiger partial charge in [0.15, 0.2) is 0 Å². The number of halogens is 2. The van der Waals surface area contributed by atoms with Gasteiger partial charge in [0.05, 0.1) is 21.7 Å². The molecular formula is C15H19BrFN3S. The van der Waals surface area contributed by atoms with E-state index in [0.717, 1.165) is 22.6 Å². The Hall–Kier alpha value is -0.820. The monoisotopic (exact) mass is 371 g/mol. The molecule has 2 aromatic rings. The molecule has 114 valence electrons. The molecule has 0 saturated carbocycles. The van der Waals surface area contributed by atoms with Crippen LogP contribution in [0.2, 0.25) is 0 Å². The zero-order valence-corrected chi connectivity index (χ0v) is 14.5. The van der Waals surface area contributed by atoms with Gasteiger partial charge in [-0.25, -0.2) is 4.39 Å². The van der Waals surface area contributed by atoms with E-state index in [1.165, 1.54) is 17.8 Å². The molecule has 2 atom stereocenters. The maximum absolute atomic E-state index is 12.9. The molecule has 0 aromatic carbocycles. The van der Waals surface area contributed by atoms with Crippen LogP contribution in [0.1, 0.15) is 24.2 Å². The minimum absolute atomic E-state index is 0.192. The molecule has 2 unspecified atom stereocenters. The maximum Gasteiger partial charge on any atom is 0.141 e. The Kier molecular flexibility index (Phi) is 5.87. The van der Waals surface area contributed by atoms with E-state index < -0.39 is 0 Å². The van der Waals surface area contributed by atoms with Crippen molar-refractivity contribution >= 4 is 27.3 Å². The van der Waals surface area contributed by atoms with Gasteiger partial charge in [0.1, 0.15) is 5.82 Å². The summed E-state index contributed by atoms with van der Waals surface area (Å²) >= 11 is 5.16. The maximum atomic E-state index is 12.9. The lowest BCUT2D eigenvalue weighted by Gasteiger charge is -2.25. The molecule has 0 aliphatic carbocycles. The number of rotatable bonds is 6. The van der Waals surface area contributed by atoms with E-state index in [0.29, 0.717) is 0 Å². The third-order valence-electron chi connectivity index (χ3n) is 3.38. The normalized spacial score (nSPS) is 14.4. The molecule has 3 nitrogen and oxygen atoms in total. The van der Waals surface area contributed by atoms with Crippen LogP contribution < -0.4 is 5.73 Å². The van der Waals surface area contributed by atoms with Crippen molar-refractivity contribution in [3.05, 3.63) is 50.6 Å². The van der Waals surface area contributed by atoms with Crippen molar-refractivity contribution < 1.29 is 4.39 Å². The highest BCUT2D eigenvalue weighted by Crippen LogP contribution is 2.23. The summed E-state index contributed by atoms with van der Waals surface area (Å²) in [6.07, 6.45) is 1.22. The number of nitrogens with two attached hydrogens (primary N) is 1.